The minimum Gasteiger partial charge on any atom is -0.332 e. The number of aromatic nitrogens is 6. The molecular formula is C20H21N7O2S. The van der Waals surface area contributed by atoms with Crippen molar-refractivity contribution in [2.75, 3.05) is 7.05 Å². The molecule has 4 aromatic rings. The fourth-order valence-electron chi connectivity index (χ4n) is 3.21. The van der Waals surface area contributed by atoms with Crippen molar-refractivity contribution in [3.63, 3.8) is 0 Å². The van der Waals surface area contributed by atoms with Gasteiger partial charge < -0.3 is 4.57 Å². The molecule has 3 aromatic heterocycles. The summed E-state index contributed by atoms with van der Waals surface area (Å²) < 4.78 is 31.1. The number of hydrogen-bond acceptors (Lipinski definition) is 6. The third-order valence-electron chi connectivity index (χ3n) is 4.65. The van der Waals surface area contributed by atoms with E-state index in [-0.39, 0.29) is 10.6 Å². The molecule has 1 aromatic carbocycles. The van der Waals surface area contributed by atoms with Gasteiger partial charge in [0, 0.05) is 18.8 Å². The topological polar surface area (TPSA) is 108 Å². The number of rotatable bonds is 5. The predicted molar refractivity (Wildman–Crippen MR) is 113 cm³/mol. The van der Waals surface area contributed by atoms with E-state index in [9.17, 15) is 8.42 Å². The molecule has 0 radical (unpaired) electrons. The average molecular weight is 424 g/mol. The van der Waals surface area contributed by atoms with Gasteiger partial charge in [-0.3, -0.25) is 0 Å². The average Bonchev–Trinajstić information content (AvgIpc) is 3.29. The van der Waals surface area contributed by atoms with Crippen molar-refractivity contribution in [3.05, 3.63) is 60.3 Å². The van der Waals surface area contributed by atoms with E-state index in [0.717, 1.165) is 11.3 Å². The Hall–Kier alpha value is -3.37. The third kappa shape index (κ3) is 3.51. The van der Waals surface area contributed by atoms with Crippen LogP contribution in [0.4, 0.5) is 0 Å². The van der Waals surface area contributed by atoms with Crippen LogP contribution in [-0.4, -0.2) is 44.8 Å². The van der Waals surface area contributed by atoms with Gasteiger partial charge in [0.2, 0.25) is 10.0 Å². The van der Waals surface area contributed by atoms with Crippen LogP contribution >= 0.6 is 0 Å². The third-order valence-corrected chi connectivity index (χ3v) is 6.10. The molecule has 3 heterocycles. The standard InChI is InChI=1S/C20H21N7O2S/c1-13-22-14(2)27(25-13)18-11-10-17(30(28,29)21-3)19(24-18)20-23-16(12-26(20)4)15-8-6-5-7-9-15/h5-12,21H,1-4H3. The van der Waals surface area contributed by atoms with E-state index in [4.69, 9.17) is 0 Å². The minimum absolute atomic E-state index is 0.0385. The minimum atomic E-state index is -3.76. The van der Waals surface area contributed by atoms with Gasteiger partial charge >= 0.3 is 0 Å². The maximum atomic E-state index is 12.7. The first-order chi connectivity index (χ1) is 14.3. The van der Waals surface area contributed by atoms with Crippen LogP contribution in [0.3, 0.4) is 0 Å². The van der Waals surface area contributed by atoms with Gasteiger partial charge in [0.05, 0.1) is 5.69 Å². The highest BCUT2D eigenvalue weighted by Crippen LogP contribution is 2.28. The van der Waals surface area contributed by atoms with E-state index in [1.165, 1.54) is 13.1 Å². The summed E-state index contributed by atoms with van der Waals surface area (Å²) in [6.45, 7) is 3.60. The fourth-order valence-corrected chi connectivity index (χ4v) is 4.07. The van der Waals surface area contributed by atoms with Gasteiger partial charge in [0.1, 0.15) is 22.2 Å². The number of pyridine rings is 1. The Morgan fingerprint density at radius 2 is 1.70 bits per heavy atom. The molecule has 0 unspecified atom stereocenters. The number of imidazole rings is 1. The Labute approximate surface area is 174 Å². The first-order valence-electron chi connectivity index (χ1n) is 9.24. The first kappa shape index (κ1) is 19.9. The van der Waals surface area contributed by atoms with Gasteiger partial charge in [-0.1, -0.05) is 30.3 Å². The van der Waals surface area contributed by atoms with Crippen LogP contribution in [0.2, 0.25) is 0 Å². The zero-order valence-electron chi connectivity index (χ0n) is 17.0. The smallest absolute Gasteiger partial charge is 0.242 e. The lowest BCUT2D eigenvalue weighted by Crippen LogP contribution is -2.21. The van der Waals surface area contributed by atoms with Gasteiger partial charge in [0.15, 0.2) is 11.6 Å². The highest BCUT2D eigenvalue weighted by molar-refractivity contribution is 7.89. The van der Waals surface area contributed by atoms with Crippen molar-refractivity contribution >= 4 is 10.0 Å². The summed E-state index contributed by atoms with van der Waals surface area (Å²) >= 11 is 0. The molecule has 0 saturated carbocycles. The Kier molecular flexibility index (Phi) is 4.96. The van der Waals surface area contributed by atoms with Crippen LogP contribution in [0.5, 0.6) is 0 Å². The molecule has 0 bridgehead atoms. The molecule has 0 aliphatic heterocycles. The molecule has 10 heteroatoms. The Morgan fingerprint density at radius 1 is 0.967 bits per heavy atom. The van der Waals surface area contributed by atoms with E-state index < -0.39 is 10.0 Å². The van der Waals surface area contributed by atoms with E-state index >= 15 is 0 Å². The van der Waals surface area contributed by atoms with Crippen LogP contribution in [0, 0.1) is 13.8 Å². The van der Waals surface area contributed by atoms with E-state index in [0.29, 0.717) is 23.3 Å². The molecule has 4 rings (SSSR count). The first-order valence-corrected chi connectivity index (χ1v) is 10.7. The maximum absolute atomic E-state index is 12.7. The largest absolute Gasteiger partial charge is 0.332 e. The molecule has 0 aliphatic carbocycles. The van der Waals surface area contributed by atoms with Gasteiger partial charge in [-0.05, 0) is 33.0 Å². The normalized spacial score (nSPS) is 11.7. The second-order valence-electron chi connectivity index (χ2n) is 6.77. The summed E-state index contributed by atoms with van der Waals surface area (Å²) in [5.41, 5.74) is 1.89. The molecule has 154 valence electrons. The Bertz CT molecular complexity index is 1320. The number of aryl methyl sites for hydroxylation is 3. The molecule has 9 nitrogen and oxygen atoms in total. The number of hydrogen-bond donors (Lipinski definition) is 1. The van der Waals surface area contributed by atoms with Crippen molar-refractivity contribution in [1.82, 2.24) is 34.0 Å². The summed E-state index contributed by atoms with van der Waals surface area (Å²) in [4.78, 5) is 13.6. The second-order valence-corrected chi connectivity index (χ2v) is 8.62. The molecule has 0 fully saturated rings. The predicted octanol–water partition coefficient (Wildman–Crippen LogP) is 2.25. The van der Waals surface area contributed by atoms with E-state index in [1.54, 1.807) is 22.2 Å². The summed E-state index contributed by atoms with van der Waals surface area (Å²) in [5, 5.41) is 4.35. The monoisotopic (exact) mass is 423 g/mol. The molecular weight excluding hydrogens is 402 g/mol. The lowest BCUT2D eigenvalue weighted by atomic mass is 10.2. The zero-order valence-corrected chi connectivity index (χ0v) is 17.8. The van der Waals surface area contributed by atoms with Crippen LogP contribution in [0.1, 0.15) is 11.6 Å². The van der Waals surface area contributed by atoms with Crippen molar-refractivity contribution in [3.8, 4) is 28.6 Å². The van der Waals surface area contributed by atoms with Crippen molar-refractivity contribution in [2.45, 2.75) is 18.7 Å². The number of sulfonamides is 1. The quantitative estimate of drug-likeness (QED) is 0.528. The molecule has 0 aliphatic rings. The lowest BCUT2D eigenvalue weighted by molar-refractivity contribution is 0.588. The molecule has 30 heavy (non-hydrogen) atoms. The molecule has 0 amide bonds. The maximum Gasteiger partial charge on any atom is 0.242 e. The molecule has 0 atom stereocenters. The van der Waals surface area contributed by atoms with Crippen LogP contribution < -0.4 is 4.72 Å². The number of benzene rings is 1. The molecule has 0 saturated heterocycles. The summed E-state index contributed by atoms with van der Waals surface area (Å²) in [7, 11) is -0.588. The number of nitrogens with zero attached hydrogens (tertiary/aromatic N) is 6. The van der Waals surface area contributed by atoms with Gasteiger partial charge in [-0.2, -0.15) is 4.68 Å². The molecule has 1 N–H and O–H groups in total. The fraction of sp³-hybridized carbons (Fsp3) is 0.200. The van der Waals surface area contributed by atoms with E-state index in [2.05, 4.69) is 24.8 Å². The van der Waals surface area contributed by atoms with Crippen LogP contribution in [0.25, 0.3) is 28.6 Å². The van der Waals surface area contributed by atoms with Gasteiger partial charge in [-0.25, -0.2) is 28.1 Å². The number of nitrogens with one attached hydrogen (secondary N) is 1. The molecule has 0 spiro atoms. The van der Waals surface area contributed by atoms with Gasteiger partial charge in [-0.15, -0.1) is 5.10 Å². The summed E-state index contributed by atoms with van der Waals surface area (Å²) in [5.74, 6) is 2.15. The van der Waals surface area contributed by atoms with Crippen molar-refractivity contribution in [1.29, 1.82) is 0 Å². The van der Waals surface area contributed by atoms with E-state index in [1.807, 2.05) is 50.5 Å². The zero-order chi connectivity index (χ0) is 21.5. The van der Waals surface area contributed by atoms with Crippen LogP contribution in [0.15, 0.2) is 53.6 Å². The van der Waals surface area contributed by atoms with Crippen molar-refractivity contribution in [2.24, 2.45) is 7.05 Å². The van der Waals surface area contributed by atoms with Crippen molar-refractivity contribution < 1.29 is 8.42 Å². The summed E-state index contributed by atoms with van der Waals surface area (Å²) in [6.07, 6.45) is 1.85. The SMILES string of the molecule is CNS(=O)(=O)c1ccc(-n2nc(C)nc2C)nc1-c1nc(-c2ccccc2)cn1C. The highest BCUT2D eigenvalue weighted by Gasteiger charge is 2.24. The Balaban J connectivity index is 1.94. The summed E-state index contributed by atoms with van der Waals surface area (Å²) in [6, 6.07) is 12.8. The van der Waals surface area contributed by atoms with Gasteiger partial charge in [0.25, 0.3) is 0 Å². The second kappa shape index (κ2) is 7.47. The Morgan fingerprint density at radius 3 is 2.33 bits per heavy atom. The van der Waals surface area contributed by atoms with Crippen LogP contribution in [-0.2, 0) is 17.1 Å². The lowest BCUT2D eigenvalue weighted by Gasteiger charge is -2.11. The highest BCUT2D eigenvalue weighted by atomic mass is 32.2.